The Kier molecular flexibility index (Phi) is 4.31. The van der Waals surface area contributed by atoms with Gasteiger partial charge in [0.25, 0.3) is 5.69 Å². The fourth-order valence-corrected chi connectivity index (χ4v) is 3.10. The number of anilines is 2. The molecule has 8 heteroatoms. The van der Waals surface area contributed by atoms with Crippen molar-refractivity contribution in [2.75, 3.05) is 10.6 Å². The normalized spacial score (nSPS) is 10.7. The minimum atomic E-state index is -0.449. The van der Waals surface area contributed by atoms with Crippen LogP contribution in [0.5, 0.6) is 0 Å². The quantitative estimate of drug-likeness (QED) is 0.236. The maximum Gasteiger partial charge on any atom is 0.271 e. The molecule has 2 heterocycles. The van der Waals surface area contributed by atoms with E-state index >= 15 is 0 Å². The smallest absolute Gasteiger partial charge is 0.271 e. The molecule has 0 aliphatic carbocycles. The van der Waals surface area contributed by atoms with Crippen LogP contribution in [0, 0.1) is 10.1 Å². The summed E-state index contributed by atoms with van der Waals surface area (Å²) in [6.07, 6.45) is 3.45. The molecule has 0 amide bonds. The van der Waals surface area contributed by atoms with Gasteiger partial charge in [-0.05, 0) is 42.5 Å². The Morgan fingerprint density at radius 3 is 2.56 bits per heavy atom. The summed E-state index contributed by atoms with van der Waals surface area (Å²) in [5.41, 5.74) is 2.86. The van der Waals surface area contributed by atoms with Crippen LogP contribution < -0.4 is 10.6 Å². The highest BCUT2D eigenvalue weighted by molar-refractivity contribution is 7.80. The fraction of sp³-hybridized carbons (Fsp3) is 0. The Morgan fingerprint density at radius 2 is 1.74 bits per heavy atom. The van der Waals surface area contributed by atoms with Crippen molar-refractivity contribution in [3.05, 3.63) is 77.1 Å². The van der Waals surface area contributed by atoms with Gasteiger partial charge in [-0.25, -0.2) is 0 Å². The predicted molar refractivity (Wildman–Crippen MR) is 110 cm³/mol. The van der Waals surface area contributed by atoms with Crippen molar-refractivity contribution < 1.29 is 4.92 Å². The van der Waals surface area contributed by atoms with Crippen LogP contribution in [0.25, 0.3) is 21.8 Å². The van der Waals surface area contributed by atoms with Gasteiger partial charge in [0.15, 0.2) is 5.11 Å². The van der Waals surface area contributed by atoms with Gasteiger partial charge in [-0.15, -0.1) is 0 Å². The number of aromatic nitrogens is 2. The van der Waals surface area contributed by atoms with Crippen molar-refractivity contribution >= 4 is 56.2 Å². The molecule has 4 aromatic rings. The molecule has 0 aliphatic heterocycles. The number of non-ortho nitro benzene ring substituents is 1. The first-order chi connectivity index (χ1) is 13.1. The number of fused-ring (bicyclic) bond motifs is 3. The highest BCUT2D eigenvalue weighted by Gasteiger charge is 2.11. The number of nitrogens with zero attached hydrogens (tertiary/aromatic N) is 3. The van der Waals surface area contributed by atoms with Gasteiger partial charge in [-0.2, -0.15) is 0 Å². The topological polar surface area (TPSA) is 93.0 Å². The van der Waals surface area contributed by atoms with E-state index in [1.165, 1.54) is 12.1 Å². The molecule has 0 unspecified atom stereocenters. The fourth-order valence-electron chi connectivity index (χ4n) is 2.87. The zero-order chi connectivity index (χ0) is 18.8. The number of thiocarbonyl (C=S) groups is 1. The molecule has 0 radical (unpaired) electrons. The number of hydrogen-bond donors (Lipinski definition) is 2. The summed E-state index contributed by atoms with van der Waals surface area (Å²) in [7, 11) is 0. The first kappa shape index (κ1) is 16.8. The molecular weight excluding hydrogens is 362 g/mol. The number of pyridine rings is 2. The van der Waals surface area contributed by atoms with Crippen LogP contribution in [0.15, 0.2) is 67.0 Å². The second kappa shape index (κ2) is 6.93. The SMILES string of the molecule is O=[N+]([O-])c1cccc(NC(=S)Nc2cc3cccnc3c3cccnc23)c1. The van der Waals surface area contributed by atoms with Crippen LogP contribution in [0.2, 0.25) is 0 Å². The van der Waals surface area contributed by atoms with E-state index < -0.39 is 4.92 Å². The van der Waals surface area contributed by atoms with Gasteiger partial charge in [-0.3, -0.25) is 20.1 Å². The molecule has 27 heavy (non-hydrogen) atoms. The molecule has 0 saturated carbocycles. The molecule has 0 atom stereocenters. The Bertz CT molecular complexity index is 1200. The largest absolute Gasteiger partial charge is 0.332 e. The minimum absolute atomic E-state index is 0.00769. The molecule has 0 spiro atoms. The first-order valence-corrected chi connectivity index (χ1v) is 8.47. The zero-order valence-electron chi connectivity index (χ0n) is 13.9. The summed E-state index contributed by atoms with van der Waals surface area (Å²) in [5.74, 6) is 0. The van der Waals surface area contributed by atoms with Crippen molar-refractivity contribution in [1.29, 1.82) is 0 Å². The molecule has 2 N–H and O–H groups in total. The number of nitro groups is 1. The number of hydrogen-bond acceptors (Lipinski definition) is 5. The van der Waals surface area contributed by atoms with Crippen LogP contribution in [0.1, 0.15) is 0 Å². The van der Waals surface area contributed by atoms with Crippen LogP contribution >= 0.6 is 12.2 Å². The van der Waals surface area contributed by atoms with Crippen molar-refractivity contribution in [3.8, 4) is 0 Å². The standard InChI is InChI=1S/C19H13N5O2S/c25-24(26)14-6-1-5-13(11-14)22-19(27)23-16-10-12-4-2-8-20-17(12)15-7-3-9-21-18(15)16/h1-11H,(H2,22,23,27). The summed E-state index contributed by atoms with van der Waals surface area (Å²) in [5, 5.41) is 19.2. The van der Waals surface area contributed by atoms with E-state index in [2.05, 4.69) is 20.6 Å². The third-order valence-corrected chi connectivity index (χ3v) is 4.22. The van der Waals surface area contributed by atoms with E-state index in [1.54, 1.807) is 24.5 Å². The molecule has 132 valence electrons. The molecule has 0 saturated heterocycles. The molecular formula is C19H13N5O2S. The van der Waals surface area contributed by atoms with E-state index in [4.69, 9.17) is 12.2 Å². The summed E-state index contributed by atoms with van der Waals surface area (Å²) in [6, 6.07) is 15.7. The van der Waals surface area contributed by atoms with Gasteiger partial charge in [0.1, 0.15) is 0 Å². The Hall–Kier alpha value is -3.65. The lowest BCUT2D eigenvalue weighted by Crippen LogP contribution is -2.19. The number of benzene rings is 2. The van der Waals surface area contributed by atoms with Crippen molar-refractivity contribution in [2.24, 2.45) is 0 Å². The number of nitro benzene ring substituents is 1. The molecule has 0 bridgehead atoms. The van der Waals surface area contributed by atoms with Crippen molar-refractivity contribution in [1.82, 2.24) is 9.97 Å². The number of rotatable bonds is 3. The average molecular weight is 375 g/mol. The van der Waals surface area contributed by atoms with Gasteiger partial charge in [0.2, 0.25) is 0 Å². The minimum Gasteiger partial charge on any atom is -0.332 e. The summed E-state index contributed by atoms with van der Waals surface area (Å²) < 4.78 is 0. The van der Waals surface area contributed by atoms with E-state index in [-0.39, 0.29) is 5.69 Å². The van der Waals surface area contributed by atoms with Crippen LogP contribution in [0.3, 0.4) is 0 Å². The maximum atomic E-state index is 10.9. The Labute approximate surface area is 159 Å². The summed E-state index contributed by atoms with van der Waals surface area (Å²) >= 11 is 5.38. The average Bonchev–Trinajstić information content (AvgIpc) is 2.68. The van der Waals surface area contributed by atoms with E-state index in [1.807, 2.05) is 30.3 Å². The molecule has 2 aromatic heterocycles. The Balaban J connectivity index is 1.67. The van der Waals surface area contributed by atoms with Crippen LogP contribution in [-0.2, 0) is 0 Å². The van der Waals surface area contributed by atoms with Gasteiger partial charge < -0.3 is 10.6 Å². The third kappa shape index (κ3) is 3.38. The lowest BCUT2D eigenvalue weighted by molar-refractivity contribution is -0.384. The molecule has 4 rings (SSSR count). The first-order valence-electron chi connectivity index (χ1n) is 8.07. The molecule has 0 fully saturated rings. The van der Waals surface area contributed by atoms with Gasteiger partial charge in [0.05, 0.1) is 21.6 Å². The molecule has 2 aromatic carbocycles. The lowest BCUT2D eigenvalue weighted by atomic mass is 10.1. The zero-order valence-corrected chi connectivity index (χ0v) is 14.7. The molecule has 0 aliphatic rings. The Morgan fingerprint density at radius 1 is 0.963 bits per heavy atom. The summed E-state index contributed by atoms with van der Waals surface area (Å²) in [4.78, 5) is 19.4. The van der Waals surface area contributed by atoms with Gasteiger partial charge in [-0.1, -0.05) is 12.1 Å². The second-order valence-electron chi connectivity index (χ2n) is 5.79. The highest BCUT2D eigenvalue weighted by atomic mass is 32.1. The van der Waals surface area contributed by atoms with Crippen molar-refractivity contribution in [2.45, 2.75) is 0 Å². The van der Waals surface area contributed by atoms with Gasteiger partial charge >= 0.3 is 0 Å². The maximum absolute atomic E-state index is 10.9. The summed E-state index contributed by atoms with van der Waals surface area (Å²) in [6.45, 7) is 0. The molecule has 7 nitrogen and oxygen atoms in total. The number of nitrogens with one attached hydrogen (secondary N) is 2. The third-order valence-electron chi connectivity index (χ3n) is 4.02. The predicted octanol–water partition coefficient (Wildman–Crippen LogP) is 4.50. The van der Waals surface area contributed by atoms with Crippen LogP contribution in [0.4, 0.5) is 17.1 Å². The lowest BCUT2D eigenvalue weighted by Gasteiger charge is -2.13. The van der Waals surface area contributed by atoms with Gasteiger partial charge in [0, 0.05) is 41.0 Å². The van der Waals surface area contributed by atoms with E-state index in [9.17, 15) is 10.1 Å². The monoisotopic (exact) mass is 375 g/mol. The van der Waals surface area contributed by atoms with E-state index in [0.717, 1.165) is 27.5 Å². The van der Waals surface area contributed by atoms with E-state index in [0.29, 0.717) is 10.8 Å². The highest BCUT2D eigenvalue weighted by Crippen LogP contribution is 2.29. The second-order valence-corrected chi connectivity index (χ2v) is 6.19. The van der Waals surface area contributed by atoms with Crippen LogP contribution in [-0.4, -0.2) is 20.0 Å². The van der Waals surface area contributed by atoms with Crippen molar-refractivity contribution in [3.63, 3.8) is 0 Å².